The van der Waals surface area contributed by atoms with E-state index in [2.05, 4.69) is 0 Å². The van der Waals surface area contributed by atoms with Crippen LogP contribution >= 0.6 is 11.8 Å². The van der Waals surface area contributed by atoms with Crippen LogP contribution in [0.4, 0.5) is 0 Å². The number of carbonyl (C=O) groups is 2. The number of aliphatic carboxylic acids is 1. The van der Waals surface area contributed by atoms with Crippen LogP contribution in [-0.2, 0) is 9.59 Å². The van der Waals surface area contributed by atoms with E-state index in [-0.39, 0.29) is 12.3 Å². The fraction of sp³-hybridized carbons (Fsp3) is 0.800. The minimum Gasteiger partial charge on any atom is -0.481 e. The molecule has 1 saturated heterocycles. The molecule has 1 fully saturated rings. The monoisotopic (exact) mass is 231 g/mol. The molecule has 0 radical (unpaired) electrons. The van der Waals surface area contributed by atoms with Crippen LogP contribution in [0.1, 0.15) is 25.7 Å². The van der Waals surface area contributed by atoms with Gasteiger partial charge in [-0.1, -0.05) is 0 Å². The van der Waals surface area contributed by atoms with Gasteiger partial charge in [0.25, 0.3) is 0 Å². The Hall–Kier alpha value is -0.710. The zero-order valence-electron chi connectivity index (χ0n) is 8.78. The summed E-state index contributed by atoms with van der Waals surface area (Å²) in [6, 6.07) is 0. The molecule has 1 rings (SSSR count). The number of piperidine rings is 1. The number of carboxylic acids is 1. The van der Waals surface area contributed by atoms with Crippen molar-refractivity contribution in [2.24, 2.45) is 0 Å². The summed E-state index contributed by atoms with van der Waals surface area (Å²) >= 11 is 1.41. The lowest BCUT2D eigenvalue weighted by Gasteiger charge is -2.26. The zero-order valence-corrected chi connectivity index (χ0v) is 9.59. The molecule has 0 aromatic heterocycles. The second kappa shape index (κ2) is 6.71. The van der Waals surface area contributed by atoms with Gasteiger partial charge in [0.1, 0.15) is 0 Å². The van der Waals surface area contributed by atoms with Gasteiger partial charge in [-0.15, -0.1) is 0 Å². The minimum atomic E-state index is -0.798. The van der Waals surface area contributed by atoms with Crippen LogP contribution in [-0.4, -0.2) is 46.5 Å². The van der Waals surface area contributed by atoms with Crippen LogP contribution in [0, 0.1) is 0 Å². The highest BCUT2D eigenvalue weighted by Gasteiger charge is 2.15. The third kappa shape index (κ3) is 5.06. The van der Waals surface area contributed by atoms with Crippen LogP contribution in [0.15, 0.2) is 0 Å². The molecule has 1 aliphatic heterocycles. The smallest absolute Gasteiger partial charge is 0.304 e. The summed E-state index contributed by atoms with van der Waals surface area (Å²) < 4.78 is 0. The van der Waals surface area contributed by atoms with Crippen LogP contribution in [0.25, 0.3) is 0 Å². The fourth-order valence-corrected chi connectivity index (χ4v) is 2.37. The van der Waals surface area contributed by atoms with Crippen molar-refractivity contribution < 1.29 is 14.7 Å². The van der Waals surface area contributed by atoms with Crippen molar-refractivity contribution in [3.8, 4) is 0 Å². The van der Waals surface area contributed by atoms with Crippen LogP contribution in [0.5, 0.6) is 0 Å². The number of carbonyl (C=O) groups excluding carboxylic acids is 1. The van der Waals surface area contributed by atoms with E-state index >= 15 is 0 Å². The highest BCUT2D eigenvalue weighted by atomic mass is 32.2. The van der Waals surface area contributed by atoms with Gasteiger partial charge >= 0.3 is 5.97 Å². The maximum absolute atomic E-state index is 11.6. The Morgan fingerprint density at radius 1 is 1.20 bits per heavy atom. The van der Waals surface area contributed by atoms with E-state index in [1.807, 2.05) is 4.90 Å². The molecule has 15 heavy (non-hydrogen) atoms. The van der Waals surface area contributed by atoms with Crippen LogP contribution in [0.3, 0.4) is 0 Å². The lowest BCUT2D eigenvalue weighted by Crippen LogP contribution is -2.36. The topological polar surface area (TPSA) is 57.6 Å². The maximum Gasteiger partial charge on any atom is 0.304 e. The molecule has 0 aliphatic carbocycles. The molecular weight excluding hydrogens is 214 g/mol. The van der Waals surface area contributed by atoms with Gasteiger partial charge in [0.15, 0.2) is 0 Å². The molecule has 1 heterocycles. The van der Waals surface area contributed by atoms with Crippen molar-refractivity contribution in [1.82, 2.24) is 4.90 Å². The third-order valence-electron chi connectivity index (χ3n) is 2.39. The lowest BCUT2D eigenvalue weighted by atomic mass is 10.1. The van der Waals surface area contributed by atoms with Crippen molar-refractivity contribution >= 4 is 23.6 Å². The van der Waals surface area contributed by atoms with E-state index in [4.69, 9.17) is 5.11 Å². The summed E-state index contributed by atoms with van der Waals surface area (Å²) in [7, 11) is 0. The molecule has 1 aliphatic rings. The average Bonchev–Trinajstić information content (AvgIpc) is 2.25. The molecule has 86 valence electrons. The molecule has 0 aromatic rings. The highest BCUT2D eigenvalue weighted by molar-refractivity contribution is 7.99. The predicted octanol–water partition coefficient (Wildman–Crippen LogP) is 1.21. The SMILES string of the molecule is O=C(O)CCSCC(=O)N1CCCCC1. The van der Waals surface area contributed by atoms with E-state index in [1.165, 1.54) is 18.2 Å². The van der Waals surface area contributed by atoms with Gasteiger partial charge in [-0.25, -0.2) is 0 Å². The first kappa shape index (κ1) is 12.4. The number of carboxylic acid groups (broad SMARTS) is 1. The first-order valence-corrected chi connectivity index (χ1v) is 6.43. The Morgan fingerprint density at radius 2 is 1.87 bits per heavy atom. The number of amides is 1. The number of nitrogens with zero attached hydrogens (tertiary/aromatic N) is 1. The summed E-state index contributed by atoms with van der Waals surface area (Å²) in [5.74, 6) is 0.306. The largest absolute Gasteiger partial charge is 0.481 e. The van der Waals surface area contributed by atoms with E-state index < -0.39 is 5.97 Å². The molecule has 0 unspecified atom stereocenters. The van der Waals surface area contributed by atoms with Crippen LogP contribution < -0.4 is 0 Å². The average molecular weight is 231 g/mol. The fourth-order valence-electron chi connectivity index (χ4n) is 1.55. The Bertz CT molecular complexity index is 227. The molecule has 5 heteroatoms. The molecule has 0 bridgehead atoms. The number of hydrogen-bond donors (Lipinski definition) is 1. The Balaban J connectivity index is 2.09. The van der Waals surface area contributed by atoms with Gasteiger partial charge in [-0.2, -0.15) is 11.8 Å². The van der Waals surface area contributed by atoms with Crippen LogP contribution in [0.2, 0.25) is 0 Å². The van der Waals surface area contributed by atoms with Gasteiger partial charge < -0.3 is 10.0 Å². The molecule has 4 nitrogen and oxygen atoms in total. The quantitative estimate of drug-likeness (QED) is 0.722. The van der Waals surface area contributed by atoms with Crippen molar-refractivity contribution in [3.63, 3.8) is 0 Å². The van der Waals surface area contributed by atoms with E-state index in [1.54, 1.807) is 0 Å². The number of rotatable bonds is 5. The summed E-state index contributed by atoms with van der Waals surface area (Å²) in [4.78, 5) is 23.7. The molecule has 0 aromatic carbocycles. The summed E-state index contributed by atoms with van der Waals surface area (Å²) in [5.41, 5.74) is 0. The van der Waals surface area contributed by atoms with Gasteiger partial charge in [0, 0.05) is 18.8 Å². The first-order chi connectivity index (χ1) is 7.20. The van der Waals surface area contributed by atoms with Crippen molar-refractivity contribution in [2.75, 3.05) is 24.6 Å². The second-order valence-electron chi connectivity index (χ2n) is 3.64. The van der Waals surface area contributed by atoms with Gasteiger partial charge in [0.2, 0.25) is 5.91 Å². The Labute approximate surface area is 94.0 Å². The van der Waals surface area contributed by atoms with E-state index in [9.17, 15) is 9.59 Å². The first-order valence-electron chi connectivity index (χ1n) is 5.27. The molecular formula is C10H17NO3S. The van der Waals surface area contributed by atoms with Gasteiger partial charge in [0.05, 0.1) is 12.2 Å². The second-order valence-corrected chi connectivity index (χ2v) is 4.74. The number of hydrogen-bond acceptors (Lipinski definition) is 3. The predicted molar refractivity (Wildman–Crippen MR) is 60.0 cm³/mol. The summed E-state index contributed by atoms with van der Waals surface area (Å²) in [6.45, 7) is 1.75. The lowest BCUT2D eigenvalue weighted by molar-refractivity contribution is -0.136. The van der Waals surface area contributed by atoms with Crippen molar-refractivity contribution in [3.05, 3.63) is 0 Å². The number of likely N-dealkylation sites (tertiary alicyclic amines) is 1. The van der Waals surface area contributed by atoms with Gasteiger partial charge in [-0.05, 0) is 19.3 Å². The molecule has 1 amide bonds. The van der Waals surface area contributed by atoms with Crippen molar-refractivity contribution in [1.29, 1.82) is 0 Å². The Morgan fingerprint density at radius 3 is 2.47 bits per heavy atom. The minimum absolute atomic E-state index is 0.137. The number of thioether (sulfide) groups is 1. The van der Waals surface area contributed by atoms with E-state index in [0.29, 0.717) is 11.5 Å². The summed E-state index contributed by atoms with van der Waals surface area (Å²) in [5, 5.41) is 8.42. The standard InChI is InChI=1S/C10H17NO3S/c12-9(8-15-7-4-10(13)14)11-5-2-1-3-6-11/h1-8H2,(H,13,14). The molecule has 0 atom stereocenters. The van der Waals surface area contributed by atoms with E-state index in [0.717, 1.165) is 25.9 Å². The normalized spacial score (nSPS) is 16.4. The molecule has 0 spiro atoms. The third-order valence-corrected chi connectivity index (χ3v) is 3.34. The maximum atomic E-state index is 11.6. The zero-order chi connectivity index (χ0) is 11.1. The Kier molecular flexibility index (Phi) is 5.53. The summed E-state index contributed by atoms with van der Waals surface area (Å²) in [6.07, 6.45) is 3.56. The molecule has 1 N–H and O–H groups in total. The van der Waals surface area contributed by atoms with Gasteiger partial charge in [-0.3, -0.25) is 9.59 Å². The highest BCUT2D eigenvalue weighted by Crippen LogP contribution is 2.11. The van der Waals surface area contributed by atoms with Crippen molar-refractivity contribution in [2.45, 2.75) is 25.7 Å². The molecule has 0 saturated carbocycles.